The Morgan fingerprint density at radius 2 is 1.88 bits per heavy atom. The maximum absolute atomic E-state index is 12.7. The Hall–Kier alpha value is -1.45. The normalized spacial score (nSPS) is 12.6. The largest absolute Gasteiger partial charge is 0.418 e. The highest BCUT2D eigenvalue weighted by atomic mass is 19.4. The second kappa shape index (κ2) is 3.54. The Balaban J connectivity index is 2.65. The molecule has 0 amide bonds. The van der Waals surface area contributed by atoms with Crippen molar-refractivity contribution in [1.29, 1.82) is 0 Å². The molecule has 1 aromatic heterocycles. The number of aromatic nitrogens is 1. The zero-order valence-electron chi connectivity index (χ0n) is 9.02. The number of H-pyrrole nitrogens is 1. The number of hydrogen-bond acceptors (Lipinski definition) is 0. The van der Waals surface area contributed by atoms with Crippen LogP contribution in [0.25, 0.3) is 10.9 Å². The molecule has 2 aromatic rings. The number of halogens is 3. The van der Waals surface area contributed by atoms with Gasteiger partial charge in [0.1, 0.15) is 0 Å². The van der Waals surface area contributed by atoms with Gasteiger partial charge in [-0.05, 0) is 23.6 Å². The molecule has 0 aliphatic carbocycles. The lowest BCUT2D eigenvalue weighted by Gasteiger charge is -2.07. The minimum atomic E-state index is -4.30. The van der Waals surface area contributed by atoms with E-state index in [1.54, 1.807) is 12.1 Å². The molecule has 86 valence electrons. The van der Waals surface area contributed by atoms with E-state index in [4.69, 9.17) is 0 Å². The van der Waals surface area contributed by atoms with E-state index >= 15 is 0 Å². The third-order valence-electron chi connectivity index (χ3n) is 2.68. The smallest absolute Gasteiger partial charge is 0.361 e. The summed E-state index contributed by atoms with van der Waals surface area (Å²) in [4.78, 5) is 2.64. The van der Waals surface area contributed by atoms with Crippen LogP contribution in [-0.2, 0) is 6.18 Å². The fourth-order valence-corrected chi connectivity index (χ4v) is 1.73. The number of rotatable bonds is 1. The molecule has 0 fully saturated rings. The van der Waals surface area contributed by atoms with E-state index in [1.165, 1.54) is 0 Å². The van der Waals surface area contributed by atoms with E-state index in [-0.39, 0.29) is 11.3 Å². The first-order valence-electron chi connectivity index (χ1n) is 5.08. The van der Waals surface area contributed by atoms with Gasteiger partial charge in [-0.25, -0.2) is 0 Å². The quantitative estimate of drug-likeness (QED) is 0.747. The van der Waals surface area contributed by atoms with Gasteiger partial charge in [0.25, 0.3) is 0 Å². The number of aromatic amines is 1. The molecule has 0 atom stereocenters. The third-order valence-corrected chi connectivity index (χ3v) is 2.68. The lowest BCUT2D eigenvalue weighted by molar-refractivity contribution is -0.136. The highest BCUT2D eigenvalue weighted by molar-refractivity contribution is 5.84. The molecule has 0 aliphatic rings. The highest BCUT2D eigenvalue weighted by Crippen LogP contribution is 2.35. The highest BCUT2D eigenvalue weighted by Gasteiger charge is 2.33. The van der Waals surface area contributed by atoms with Crippen LogP contribution < -0.4 is 0 Å². The Bertz CT molecular complexity index is 508. The topological polar surface area (TPSA) is 15.8 Å². The van der Waals surface area contributed by atoms with E-state index in [1.807, 2.05) is 19.9 Å². The first-order chi connectivity index (χ1) is 7.39. The van der Waals surface area contributed by atoms with Gasteiger partial charge in [0, 0.05) is 17.1 Å². The zero-order chi connectivity index (χ0) is 11.9. The van der Waals surface area contributed by atoms with Crippen LogP contribution in [0.2, 0.25) is 0 Å². The Morgan fingerprint density at radius 3 is 2.44 bits per heavy atom. The van der Waals surface area contributed by atoms with E-state index < -0.39 is 11.7 Å². The summed E-state index contributed by atoms with van der Waals surface area (Å²) in [6, 6.07) is 5.16. The fourth-order valence-electron chi connectivity index (χ4n) is 1.73. The summed E-state index contributed by atoms with van der Waals surface area (Å²) < 4.78 is 38.0. The third kappa shape index (κ3) is 1.79. The second-order valence-corrected chi connectivity index (χ2v) is 4.16. The van der Waals surface area contributed by atoms with Gasteiger partial charge in [-0.15, -0.1) is 0 Å². The Labute approximate surface area is 91.3 Å². The molecule has 0 spiro atoms. The maximum Gasteiger partial charge on any atom is 0.418 e. The predicted octanol–water partition coefficient (Wildman–Crippen LogP) is 4.31. The van der Waals surface area contributed by atoms with Crippen LogP contribution in [0.1, 0.15) is 30.9 Å². The van der Waals surface area contributed by atoms with Crippen LogP contribution in [-0.4, -0.2) is 4.98 Å². The van der Waals surface area contributed by atoms with Crippen LogP contribution >= 0.6 is 0 Å². The molecule has 16 heavy (non-hydrogen) atoms. The number of alkyl halides is 3. The van der Waals surface area contributed by atoms with Gasteiger partial charge >= 0.3 is 6.18 Å². The standard InChI is InChI=1S/C12H12F3N/c1-7(2)8-3-4-11-9(5-8)10(6-16-11)12(13,14)15/h3-7,16H,1-2H3. The molecule has 0 saturated heterocycles. The number of fused-ring (bicyclic) bond motifs is 1. The summed E-state index contributed by atoms with van der Waals surface area (Å²) in [5, 5.41) is 0.249. The summed E-state index contributed by atoms with van der Waals surface area (Å²) in [7, 11) is 0. The van der Waals surface area contributed by atoms with Crippen molar-refractivity contribution in [3.63, 3.8) is 0 Å². The molecule has 4 heteroatoms. The van der Waals surface area contributed by atoms with Crippen molar-refractivity contribution in [2.45, 2.75) is 25.9 Å². The molecule has 1 heterocycles. The van der Waals surface area contributed by atoms with E-state index in [0.717, 1.165) is 11.8 Å². The molecule has 0 unspecified atom stereocenters. The van der Waals surface area contributed by atoms with Crippen molar-refractivity contribution in [2.24, 2.45) is 0 Å². The monoisotopic (exact) mass is 227 g/mol. The maximum atomic E-state index is 12.7. The van der Waals surface area contributed by atoms with Crippen molar-refractivity contribution in [2.75, 3.05) is 0 Å². The average Bonchev–Trinajstić information content (AvgIpc) is 2.58. The van der Waals surface area contributed by atoms with Gasteiger partial charge in [0.2, 0.25) is 0 Å². The number of benzene rings is 1. The summed E-state index contributed by atoms with van der Waals surface area (Å²) in [6.07, 6.45) is -3.28. The van der Waals surface area contributed by atoms with Crippen LogP contribution in [0, 0.1) is 0 Å². The van der Waals surface area contributed by atoms with E-state index in [2.05, 4.69) is 4.98 Å². The fraction of sp³-hybridized carbons (Fsp3) is 0.333. The van der Waals surface area contributed by atoms with Gasteiger partial charge in [-0.1, -0.05) is 19.9 Å². The van der Waals surface area contributed by atoms with Crippen molar-refractivity contribution in [3.05, 3.63) is 35.5 Å². The second-order valence-electron chi connectivity index (χ2n) is 4.16. The van der Waals surface area contributed by atoms with Gasteiger partial charge in [0.15, 0.2) is 0 Å². The molecule has 1 nitrogen and oxygen atoms in total. The molecular formula is C12H12F3N. The molecule has 0 radical (unpaired) electrons. The molecular weight excluding hydrogens is 215 g/mol. The van der Waals surface area contributed by atoms with Crippen molar-refractivity contribution >= 4 is 10.9 Å². The molecule has 2 rings (SSSR count). The molecule has 1 aromatic carbocycles. The van der Waals surface area contributed by atoms with Crippen molar-refractivity contribution in [3.8, 4) is 0 Å². The van der Waals surface area contributed by atoms with Crippen molar-refractivity contribution < 1.29 is 13.2 Å². The van der Waals surface area contributed by atoms with Gasteiger partial charge < -0.3 is 4.98 Å². The van der Waals surface area contributed by atoms with Crippen LogP contribution in [0.3, 0.4) is 0 Å². The van der Waals surface area contributed by atoms with Gasteiger partial charge in [-0.2, -0.15) is 13.2 Å². The molecule has 1 N–H and O–H groups in total. The van der Waals surface area contributed by atoms with Crippen LogP contribution in [0.5, 0.6) is 0 Å². The van der Waals surface area contributed by atoms with Gasteiger partial charge in [0.05, 0.1) is 5.56 Å². The molecule has 0 aliphatic heterocycles. The molecule has 0 saturated carbocycles. The van der Waals surface area contributed by atoms with Crippen LogP contribution in [0.15, 0.2) is 24.4 Å². The average molecular weight is 227 g/mol. The van der Waals surface area contributed by atoms with E-state index in [9.17, 15) is 13.2 Å². The Kier molecular flexibility index (Phi) is 2.45. The minimum absolute atomic E-state index is 0.223. The summed E-state index contributed by atoms with van der Waals surface area (Å²) in [6.45, 7) is 3.92. The number of hydrogen-bond donors (Lipinski definition) is 1. The summed E-state index contributed by atoms with van der Waals surface area (Å²) in [5.74, 6) is 0.223. The summed E-state index contributed by atoms with van der Waals surface area (Å²) in [5.41, 5.74) is 0.847. The SMILES string of the molecule is CC(C)c1ccc2[nH]cc(C(F)(F)F)c2c1. The van der Waals surface area contributed by atoms with Gasteiger partial charge in [-0.3, -0.25) is 0 Å². The summed E-state index contributed by atoms with van der Waals surface area (Å²) >= 11 is 0. The van der Waals surface area contributed by atoms with Crippen LogP contribution in [0.4, 0.5) is 13.2 Å². The zero-order valence-corrected chi connectivity index (χ0v) is 9.02. The first-order valence-corrected chi connectivity index (χ1v) is 5.08. The minimum Gasteiger partial charge on any atom is -0.361 e. The van der Waals surface area contributed by atoms with E-state index in [0.29, 0.717) is 5.52 Å². The first kappa shape index (κ1) is 11.0. The lowest BCUT2D eigenvalue weighted by Crippen LogP contribution is -2.03. The van der Waals surface area contributed by atoms with Crippen molar-refractivity contribution in [1.82, 2.24) is 4.98 Å². The number of nitrogens with one attached hydrogen (secondary N) is 1. The predicted molar refractivity (Wildman–Crippen MR) is 57.4 cm³/mol. The Morgan fingerprint density at radius 1 is 1.19 bits per heavy atom. The molecule has 0 bridgehead atoms. The lowest BCUT2D eigenvalue weighted by atomic mass is 10.0.